The van der Waals surface area contributed by atoms with Crippen molar-refractivity contribution in [1.82, 2.24) is 19.6 Å². The van der Waals surface area contributed by atoms with E-state index in [1.807, 2.05) is 61.5 Å². The van der Waals surface area contributed by atoms with E-state index < -0.39 is 38.2 Å². The number of ether oxygens (including phenoxy) is 2. The summed E-state index contributed by atoms with van der Waals surface area (Å²) in [5.41, 5.74) is 5.94. The highest BCUT2D eigenvalue weighted by atomic mass is 31.2. The van der Waals surface area contributed by atoms with E-state index in [0.29, 0.717) is 39.8 Å². The van der Waals surface area contributed by atoms with Crippen molar-refractivity contribution in [3.8, 4) is 5.75 Å². The molecule has 5 aromatic rings. The number of aliphatic hydroxyl groups is 1. The Morgan fingerprint density at radius 1 is 1.04 bits per heavy atom. The van der Waals surface area contributed by atoms with Crippen LogP contribution in [-0.4, -0.2) is 51.0 Å². The zero-order chi connectivity index (χ0) is 32.4. The van der Waals surface area contributed by atoms with E-state index >= 15 is 0 Å². The second kappa shape index (κ2) is 13.1. The van der Waals surface area contributed by atoms with Crippen molar-refractivity contribution in [3.63, 3.8) is 0 Å². The Labute approximate surface area is 261 Å². The van der Waals surface area contributed by atoms with Gasteiger partial charge in [-0.15, -0.1) is 0 Å². The van der Waals surface area contributed by atoms with Gasteiger partial charge in [-0.05, 0) is 52.1 Å². The molecule has 12 nitrogen and oxygen atoms in total. The topological polar surface area (TPSA) is 160 Å². The number of benzene rings is 3. The summed E-state index contributed by atoms with van der Waals surface area (Å²) < 4.78 is 39.0. The molecule has 238 valence electrons. The van der Waals surface area contributed by atoms with Gasteiger partial charge in [0.15, 0.2) is 11.5 Å². The molecule has 0 aliphatic carbocycles. The molecule has 3 atom stereocenters. The number of anilines is 1. The molecule has 0 saturated carbocycles. The van der Waals surface area contributed by atoms with Crippen LogP contribution in [0.5, 0.6) is 5.75 Å². The van der Waals surface area contributed by atoms with E-state index in [1.54, 1.807) is 30.5 Å². The largest absolute Gasteiger partial charge is 0.462 e. The third-order valence-electron chi connectivity index (χ3n) is 7.04. The number of hydrogen-bond acceptors (Lipinski definition) is 10. The molecule has 0 radical (unpaired) electrons. The molecule has 4 N–H and O–H groups in total. The Bertz CT molecular complexity index is 1890. The number of carbonyl (C=O) groups is 1. The van der Waals surface area contributed by atoms with Gasteiger partial charge in [-0.25, -0.2) is 14.5 Å². The van der Waals surface area contributed by atoms with Gasteiger partial charge in [0.2, 0.25) is 0 Å². The van der Waals surface area contributed by atoms with Gasteiger partial charge in [0, 0.05) is 17.4 Å². The summed E-state index contributed by atoms with van der Waals surface area (Å²) in [6.45, 7) is 8.17. The van der Waals surface area contributed by atoms with Gasteiger partial charge in [0.1, 0.15) is 36.3 Å². The number of para-hydroxylation sites is 1. The van der Waals surface area contributed by atoms with Crippen LogP contribution in [0.1, 0.15) is 40.4 Å². The zero-order valence-corrected chi connectivity index (χ0v) is 26.8. The van der Waals surface area contributed by atoms with Crippen LogP contribution in [0.4, 0.5) is 5.82 Å². The number of imidazole rings is 1. The van der Waals surface area contributed by atoms with Gasteiger partial charge in [-0.2, -0.15) is 5.09 Å². The van der Waals surface area contributed by atoms with E-state index in [4.69, 9.17) is 24.3 Å². The van der Waals surface area contributed by atoms with Crippen LogP contribution in [0.15, 0.2) is 66.7 Å². The third kappa shape index (κ3) is 6.95. The highest BCUT2D eigenvalue weighted by molar-refractivity contribution is 7.52. The molecule has 45 heavy (non-hydrogen) atoms. The van der Waals surface area contributed by atoms with E-state index in [1.165, 1.54) is 13.8 Å². The lowest BCUT2D eigenvalue weighted by Gasteiger charge is -2.30. The molecule has 0 bridgehead atoms. The molecule has 2 unspecified atom stereocenters. The molecule has 2 heterocycles. The number of nitrogens with two attached hydrogens (primary N) is 1. The first-order chi connectivity index (χ1) is 21.4. The Balaban J connectivity index is 1.56. The summed E-state index contributed by atoms with van der Waals surface area (Å²) in [5.74, 6) is 0.164. The number of esters is 1. The number of aromatic nitrogens is 3. The van der Waals surface area contributed by atoms with Crippen molar-refractivity contribution in [2.45, 2.75) is 59.1 Å². The molecule has 3 aromatic carbocycles. The van der Waals surface area contributed by atoms with Crippen LogP contribution in [0.3, 0.4) is 0 Å². The number of pyridine rings is 1. The van der Waals surface area contributed by atoms with Crippen LogP contribution in [0.2, 0.25) is 0 Å². The smallest absolute Gasteiger partial charge is 0.459 e. The van der Waals surface area contributed by atoms with Crippen LogP contribution in [0, 0.1) is 0 Å². The standard InChI is InChI=1S/C32H38N5O7P/c1-6-41-18-27-35-28-29(24-15-9-10-16-25(24)34-30(28)33)37(27)32(5,39)19-42-45(40,36-21(4)31(38)43-20(2)3)44-26-17-11-13-22-12-7-8-14-23(22)26/h7-17,20-21,39H,6,18-19H2,1-5H3,(H2,33,34)(H,36,40)/t21-,32?,45?/m0/s1. The van der Waals surface area contributed by atoms with E-state index in [0.717, 1.165) is 5.39 Å². The minimum Gasteiger partial charge on any atom is -0.462 e. The Morgan fingerprint density at radius 3 is 2.47 bits per heavy atom. The van der Waals surface area contributed by atoms with E-state index in [-0.39, 0.29) is 18.2 Å². The maximum absolute atomic E-state index is 14.5. The van der Waals surface area contributed by atoms with Crippen LogP contribution in [-0.2, 0) is 35.7 Å². The normalized spacial score (nSPS) is 15.3. The van der Waals surface area contributed by atoms with Crippen LogP contribution >= 0.6 is 7.75 Å². The van der Waals surface area contributed by atoms with Gasteiger partial charge < -0.3 is 24.8 Å². The van der Waals surface area contributed by atoms with E-state index in [9.17, 15) is 14.5 Å². The number of carbonyl (C=O) groups excluding carboxylic acids is 1. The maximum Gasteiger partial charge on any atom is 0.459 e. The monoisotopic (exact) mass is 635 g/mol. The second-order valence-electron chi connectivity index (χ2n) is 11.1. The average Bonchev–Trinajstić information content (AvgIpc) is 3.40. The Kier molecular flexibility index (Phi) is 9.43. The first-order valence-corrected chi connectivity index (χ1v) is 16.2. The van der Waals surface area contributed by atoms with Gasteiger partial charge in [0.25, 0.3) is 0 Å². The number of fused-ring (bicyclic) bond motifs is 4. The van der Waals surface area contributed by atoms with Crippen LogP contribution < -0.4 is 15.3 Å². The fourth-order valence-corrected chi connectivity index (χ4v) is 6.64. The molecular weight excluding hydrogens is 597 g/mol. The molecule has 5 rings (SSSR count). The number of nitrogens with zero attached hydrogens (tertiary/aromatic N) is 3. The summed E-state index contributed by atoms with van der Waals surface area (Å²) in [7, 11) is -4.36. The minimum absolute atomic E-state index is 0.0512. The molecule has 0 aliphatic rings. The van der Waals surface area contributed by atoms with Crippen LogP contribution in [0.25, 0.3) is 32.7 Å². The summed E-state index contributed by atoms with van der Waals surface area (Å²) in [4.78, 5) is 21.9. The lowest BCUT2D eigenvalue weighted by atomic mass is 10.1. The average molecular weight is 636 g/mol. The molecule has 0 spiro atoms. The molecular formula is C32H38N5O7P. The quantitative estimate of drug-likeness (QED) is 0.108. The summed E-state index contributed by atoms with van der Waals surface area (Å²) >= 11 is 0. The highest BCUT2D eigenvalue weighted by Gasteiger charge is 2.38. The number of nitrogen functional groups attached to an aromatic ring is 1. The number of nitrogens with one attached hydrogen (secondary N) is 1. The van der Waals surface area contributed by atoms with Crippen molar-refractivity contribution in [1.29, 1.82) is 0 Å². The number of rotatable bonds is 13. The third-order valence-corrected chi connectivity index (χ3v) is 8.65. The molecule has 0 aliphatic heterocycles. The minimum atomic E-state index is -4.36. The van der Waals surface area contributed by atoms with Crippen molar-refractivity contribution in [2.75, 3.05) is 18.9 Å². The first-order valence-electron chi connectivity index (χ1n) is 14.7. The van der Waals surface area contributed by atoms with Gasteiger partial charge in [0.05, 0.1) is 17.1 Å². The Morgan fingerprint density at radius 2 is 1.73 bits per heavy atom. The van der Waals surface area contributed by atoms with Gasteiger partial charge in [-0.1, -0.05) is 54.6 Å². The fraction of sp³-hybridized carbons (Fsp3) is 0.344. The Hall–Kier alpha value is -4.06. The van der Waals surface area contributed by atoms with Crippen molar-refractivity contribution in [2.24, 2.45) is 0 Å². The molecule has 2 aromatic heterocycles. The lowest BCUT2D eigenvalue weighted by molar-refractivity contribution is -0.149. The SMILES string of the molecule is CCOCc1nc2c(N)nc3ccccc3c2n1C(C)(O)COP(=O)(N[C@@H](C)C(=O)OC(C)C)Oc1cccc2ccccc12. The molecule has 0 fully saturated rings. The predicted octanol–water partition coefficient (Wildman–Crippen LogP) is 5.65. The molecule has 0 saturated heterocycles. The summed E-state index contributed by atoms with van der Waals surface area (Å²) in [6, 6.07) is 19.0. The van der Waals surface area contributed by atoms with Gasteiger partial charge >= 0.3 is 13.7 Å². The summed E-state index contributed by atoms with van der Waals surface area (Å²) in [5, 5.41) is 17.0. The lowest BCUT2D eigenvalue weighted by Crippen LogP contribution is -2.40. The van der Waals surface area contributed by atoms with Gasteiger partial charge in [-0.3, -0.25) is 13.9 Å². The zero-order valence-electron chi connectivity index (χ0n) is 25.9. The van der Waals surface area contributed by atoms with Crippen molar-refractivity contribution >= 4 is 52.2 Å². The number of hydrogen-bond donors (Lipinski definition) is 3. The van der Waals surface area contributed by atoms with E-state index in [2.05, 4.69) is 15.1 Å². The second-order valence-corrected chi connectivity index (χ2v) is 12.8. The maximum atomic E-state index is 14.5. The summed E-state index contributed by atoms with van der Waals surface area (Å²) in [6.07, 6.45) is -0.392. The molecule has 13 heteroatoms. The van der Waals surface area contributed by atoms with Crippen molar-refractivity contribution in [3.05, 3.63) is 72.6 Å². The predicted molar refractivity (Wildman–Crippen MR) is 173 cm³/mol. The highest BCUT2D eigenvalue weighted by Crippen LogP contribution is 2.48. The van der Waals surface area contributed by atoms with Crippen molar-refractivity contribution < 1.29 is 33.0 Å². The first kappa shape index (κ1) is 32.3. The molecule has 0 amide bonds. The fourth-order valence-electron chi connectivity index (χ4n) is 5.05.